The molecule has 1 aromatic carbocycles. The molecule has 0 atom stereocenters. The van der Waals surface area contributed by atoms with Crippen LogP contribution in [0.3, 0.4) is 0 Å². The fourth-order valence-corrected chi connectivity index (χ4v) is 1.10. The summed E-state index contributed by atoms with van der Waals surface area (Å²) in [5.41, 5.74) is 1.84. The minimum atomic E-state index is -0.0262. The molecule has 0 amide bonds. The van der Waals surface area contributed by atoms with E-state index < -0.39 is 0 Å². The largest absolute Gasteiger partial charge is 0.507 e. The Balaban J connectivity index is 3.26. The third-order valence-electron chi connectivity index (χ3n) is 1.84. The molecule has 13 heavy (non-hydrogen) atoms. The zero-order valence-electron chi connectivity index (χ0n) is 7.20. The van der Waals surface area contributed by atoms with Crippen LogP contribution in [0.15, 0.2) is 12.1 Å². The molecular weight excluding hydrogens is 164 g/mol. The van der Waals surface area contributed by atoms with Crippen LogP contribution in [0.2, 0.25) is 0 Å². The molecule has 0 radical (unpaired) electrons. The molecule has 0 saturated carbocycles. The average Bonchev–Trinajstić information content (AvgIpc) is 2.10. The summed E-state index contributed by atoms with van der Waals surface area (Å²) in [5.74, 6) is -0.0262. The van der Waals surface area contributed by atoms with Crippen LogP contribution in [-0.2, 0) is 6.42 Å². The molecular formula is C10H8N2O. The molecule has 1 N–H and O–H groups in total. The Bertz CT molecular complexity index is 410. The van der Waals surface area contributed by atoms with Crippen LogP contribution in [0.5, 0.6) is 5.75 Å². The second-order valence-corrected chi connectivity index (χ2v) is 2.74. The second kappa shape index (κ2) is 3.60. The third-order valence-corrected chi connectivity index (χ3v) is 1.84. The smallest absolute Gasteiger partial charge is 0.133 e. The zero-order valence-corrected chi connectivity index (χ0v) is 7.20. The van der Waals surface area contributed by atoms with E-state index >= 15 is 0 Å². The number of phenolic OH excluding ortho intramolecular Hbond substituents is 1. The van der Waals surface area contributed by atoms with Gasteiger partial charge in [-0.2, -0.15) is 10.5 Å². The quantitative estimate of drug-likeness (QED) is 0.700. The molecule has 0 bridgehead atoms. The Morgan fingerprint density at radius 3 is 2.62 bits per heavy atom. The first kappa shape index (κ1) is 9.09. The lowest BCUT2D eigenvalue weighted by Crippen LogP contribution is -1.89. The molecule has 0 aliphatic rings. The summed E-state index contributed by atoms with van der Waals surface area (Å²) in [6.45, 7) is 1.80. The highest BCUT2D eigenvalue weighted by molar-refractivity contribution is 5.48. The van der Waals surface area contributed by atoms with Crippen LogP contribution >= 0.6 is 0 Å². The van der Waals surface area contributed by atoms with Crippen molar-refractivity contribution < 1.29 is 5.11 Å². The maximum atomic E-state index is 9.28. The fourth-order valence-electron chi connectivity index (χ4n) is 1.10. The predicted molar refractivity (Wildman–Crippen MR) is 46.9 cm³/mol. The second-order valence-electron chi connectivity index (χ2n) is 2.74. The number of benzene rings is 1. The SMILES string of the molecule is Cc1cc(O)c(C#N)cc1CC#N. The summed E-state index contributed by atoms with van der Waals surface area (Å²) >= 11 is 0. The molecule has 0 spiro atoms. The minimum Gasteiger partial charge on any atom is -0.507 e. The van der Waals surface area contributed by atoms with E-state index in [4.69, 9.17) is 10.5 Å². The van der Waals surface area contributed by atoms with Crippen molar-refractivity contribution in [2.45, 2.75) is 13.3 Å². The Kier molecular flexibility index (Phi) is 2.52. The van der Waals surface area contributed by atoms with Gasteiger partial charge in [-0.25, -0.2) is 0 Å². The molecule has 0 unspecified atom stereocenters. The molecule has 0 aliphatic heterocycles. The van der Waals surface area contributed by atoms with Crippen molar-refractivity contribution in [3.05, 3.63) is 28.8 Å². The van der Waals surface area contributed by atoms with Gasteiger partial charge < -0.3 is 5.11 Å². The number of nitrogens with zero attached hydrogens (tertiary/aromatic N) is 2. The lowest BCUT2D eigenvalue weighted by molar-refractivity contribution is 0.473. The standard InChI is InChI=1S/C10H8N2O/c1-7-4-10(13)9(6-12)5-8(7)2-3-11/h4-5,13H,2H2,1H3. The normalized spacial score (nSPS) is 8.85. The molecule has 0 saturated heterocycles. The molecule has 3 heteroatoms. The van der Waals surface area contributed by atoms with Crippen molar-refractivity contribution >= 4 is 0 Å². The Hall–Kier alpha value is -2.00. The highest BCUT2D eigenvalue weighted by atomic mass is 16.3. The first-order chi connectivity index (χ1) is 6.19. The van der Waals surface area contributed by atoms with Gasteiger partial charge in [-0.15, -0.1) is 0 Å². The highest BCUT2D eigenvalue weighted by Gasteiger charge is 2.05. The van der Waals surface area contributed by atoms with E-state index in [1.165, 1.54) is 6.07 Å². The van der Waals surface area contributed by atoms with E-state index in [1.807, 2.05) is 12.1 Å². The topological polar surface area (TPSA) is 67.8 Å². The van der Waals surface area contributed by atoms with Crippen molar-refractivity contribution in [3.8, 4) is 17.9 Å². The van der Waals surface area contributed by atoms with Gasteiger partial charge in [-0.1, -0.05) is 0 Å². The summed E-state index contributed by atoms with van der Waals surface area (Å²) in [7, 11) is 0. The molecule has 0 heterocycles. The molecule has 0 aromatic heterocycles. The fraction of sp³-hybridized carbons (Fsp3) is 0.200. The van der Waals surface area contributed by atoms with Gasteiger partial charge >= 0.3 is 0 Å². The van der Waals surface area contributed by atoms with Gasteiger partial charge in [0.25, 0.3) is 0 Å². The van der Waals surface area contributed by atoms with E-state index in [-0.39, 0.29) is 17.7 Å². The van der Waals surface area contributed by atoms with Gasteiger partial charge in [0.1, 0.15) is 11.8 Å². The Morgan fingerprint density at radius 2 is 2.08 bits per heavy atom. The van der Waals surface area contributed by atoms with Crippen molar-refractivity contribution in [1.82, 2.24) is 0 Å². The van der Waals surface area contributed by atoms with E-state index in [0.29, 0.717) is 0 Å². The lowest BCUT2D eigenvalue weighted by atomic mass is 10.0. The van der Waals surface area contributed by atoms with Gasteiger partial charge in [0.15, 0.2) is 0 Å². The minimum absolute atomic E-state index is 0.0262. The maximum Gasteiger partial charge on any atom is 0.133 e. The summed E-state index contributed by atoms with van der Waals surface area (Å²) in [6.07, 6.45) is 0.265. The van der Waals surface area contributed by atoms with Gasteiger partial charge in [-0.05, 0) is 30.2 Å². The van der Waals surface area contributed by atoms with Gasteiger partial charge in [0, 0.05) is 0 Å². The number of hydrogen-bond donors (Lipinski definition) is 1. The Labute approximate surface area is 76.5 Å². The Morgan fingerprint density at radius 1 is 1.38 bits per heavy atom. The average molecular weight is 172 g/mol. The number of phenols is 1. The highest BCUT2D eigenvalue weighted by Crippen LogP contribution is 2.21. The van der Waals surface area contributed by atoms with Crippen molar-refractivity contribution in [1.29, 1.82) is 10.5 Å². The van der Waals surface area contributed by atoms with Crippen LogP contribution in [0.4, 0.5) is 0 Å². The van der Waals surface area contributed by atoms with Gasteiger partial charge in [0.2, 0.25) is 0 Å². The van der Waals surface area contributed by atoms with E-state index in [1.54, 1.807) is 13.0 Å². The van der Waals surface area contributed by atoms with Crippen LogP contribution in [0, 0.1) is 29.6 Å². The van der Waals surface area contributed by atoms with Crippen LogP contribution in [0.25, 0.3) is 0 Å². The van der Waals surface area contributed by atoms with Crippen molar-refractivity contribution in [3.63, 3.8) is 0 Å². The monoisotopic (exact) mass is 172 g/mol. The number of aromatic hydroxyl groups is 1. The number of nitriles is 2. The molecule has 0 aliphatic carbocycles. The first-order valence-electron chi connectivity index (χ1n) is 3.78. The van der Waals surface area contributed by atoms with Crippen molar-refractivity contribution in [2.24, 2.45) is 0 Å². The summed E-state index contributed by atoms with van der Waals surface area (Å²) < 4.78 is 0. The summed E-state index contributed by atoms with van der Waals surface area (Å²) in [4.78, 5) is 0. The van der Waals surface area contributed by atoms with Crippen LogP contribution in [-0.4, -0.2) is 5.11 Å². The molecule has 3 nitrogen and oxygen atoms in total. The van der Waals surface area contributed by atoms with Gasteiger partial charge in [-0.3, -0.25) is 0 Å². The maximum absolute atomic E-state index is 9.28. The third kappa shape index (κ3) is 1.77. The van der Waals surface area contributed by atoms with E-state index in [0.717, 1.165) is 11.1 Å². The molecule has 0 fully saturated rings. The van der Waals surface area contributed by atoms with Crippen molar-refractivity contribution in [2.75, 3.05) is 0 Å². The molecule has 1 rings (SSSR count). The van der Waals surface area contributed by atoms with Crippen LogP contribution in [0.1, 0.15) is 16.7 Å². The number of rotatable bonds is 1. The van der Waals surface area contributed by atoms with E-state index in [2.05, 4.69) is 0 Å². The van der Waals surface area contributed by atoms with Crippen LogP contribution < -0.4 is 0 Å². The molecule has 64 valence electrons. The zero-order chi connectivity index (χ0) is 9.84. The number of aryl methyl sites for hydroxylation is 1. The first-order valence-corrected chi connectivity index (χ1v) is 3.78. The van der Waals surface area contributed by atoms with Gasteiger partial charge in [0.05, 0.1) is 18.1 Å². The summed E-state index contributed by atoms with van der Waals surface area (Å²) in [6, 6.07) is 6.92. The molecule has 1 aromatic rings. The summed E-state index contributed by atoms with van der Waals surface area (Å²) in [5, 5.41) is 26.4. The lowest BCUT2D eigenvalue weighted by Gasteiger charge is -2.03. The number of hydrogen-bond acceptors (Lipinski definition) is 3. The predicted octanol–water partition coefficient (Wildman–Crippen LogP) is 1.64. The van der Waals surface area contributed by atoms with E-state index in [9.17, 15) is 5.11 Å².